The van der Waals surface area contributed by atoms with E-state index in [1.165, 1.54) is 34.8 Å². The number of hydrogen-bond donors (Lipinski definition) is 1. The van der Waals surface area contributed by atoms with Gasteiger partial charge in [-0.3, -0.25) is 9.59 Å². The molecule has 7 nitrogen and oxygen atoms in total. The average Bonchev–Trinajstić information content (AvgIpc) is 2.23. The van der Waals surface area contributed by atoms with E-state index in [-0.39, 0.29) is 12.3 Å². The molecule has 0 aromatic carbocycles. The highest BCUT2D eigenvalue weighted by Gasteiger charge is 2.39. The summed E-state index contributed by atoms with van der Waals surface area (Å²) >= 11 is 0. The summed E-state index contributed by atoms with van der Waals surface area (Å²) in [5.41, 5.74) is -1.40. The molecule has 0 bridgehead atoms. The molecule has 0 aliphatic carbocycles. The van der Waals surface area contributed by atoms with Crippen molar-refractivity contribution in [3.8, 4) is 0 Å². The molecule has 0 fully saturated rings. The van der Waals surface area contributed by atoms with Crippen molar-refractivity contribution in [2.45, 2.75) is 39.4 Å². The number of nitrogens with zero attached hydrogens (tertiary/aromatic N) is 1. The Morgan fingerprint density at radius 3 is 2.22 bits per heavy atom. The summed E-state index contributed by atoms with van der Waals surface area (Å²) in [4.78, 5) is 26.3. The summed E-state index contributed by atoms with van der Waals surface area (Å²) in [6, 6.07) is 0. The van der Waals surface area contributed by atoms with E-state index in [2.05, 4.69) is 9.99 Å². The van der Waals surface area contributed by atoms with E-state index in [1.54, 1.807) is 0 Å². The summed E-state index contributed by atoms with van der Waals surface area (Å²) in [5, 5.41) is 13.8. The lowest BCUT2D eigenvalue weighted by Gasteiger charge is -2.31. The van der Waals surface area contributed by atoms with E-state index in [0.29, 0.717) is 0 Å². The molecule has 18 heavy (non-hydrogen) atoms. The first-order chi connectivity index (χ1) is 8.21. The van der Waals surface area contributed by atoms with Crippen molar-refractivity contribution in [3.05, 3.63) is 0 Å². The van der Waals surface area contributed by atoms with Gasteiger partial charge in [-0.1, -0.05) is 5.16 Å². The number of oxime groups is 1. The van der Waals surface area contributed by atoms with E-state index in [0.717, 1.165) is 0 Å². The van der Waals surface area contributed by atoms with Crippen LogP contribution in [0.5, 0.6) is 0 Å². The topological polar surface area (TPSA) is 94.4 Å². The maximum atomic E-state index is 11.0. The molecular weight excluding hydrogens is 242 g/mol. The van der Waals surface area contributed by atoms with Crippen LogP contribution in [0.4, 0.5) is 0 Å². The number of carbonyl (C=O) groups is 2. The molecule has 0 spiro atoms. The van der Waals surface area contributed by atoms with E-state index >= 15 is 0 Å². The molecule has 2 unspecified atom stereocenters. The van der Waals surface area contributed by atoms with Gasteiger partial charge in [0.05, 0.1) is 5.71 Å². The first kappa shape index (κ1) is 16.4. The van der Waals surface area contributed by atoms with Crippen molar-refractivity contribution < 1.29 is 29.0 Å². The van der Waals surface area contributed by atoms with E-state index in [9.17, 15) is 14.7 Å². The largest absolute Gasteiger partial charge is 0.462 e. The Morgan fingerprint density at radius 2 is 1.83 bits per heavy atom. The van der Waals surface area contributed by atoms with E-state index < -0.39 is 23.6 Å². The van der Waals surface area contributed by atoms with Crippen LogP contribution >= 0.6 is 0 Å². The van der Waals surface area contributed by atoms with E-state index in [4.69, 9.17) is 9.47 Å². The average molecular weight is 261 g/mol. The Labute approximate surface area is 106 Å². The van der Waals surface area contributed by atoms with Crippen LogP contribution in [-0.4, -0.2) is 48.2 Å². The number of rotatable bonds is 6. The Morgan fingerprint density at radius 1 is 1.28 bits per heavy atom. The third-order valence-electron chi connectivity index (χ3n) is 2.33. The summed E-state index contributed by atoms with van der Waals surface area (Å²) in [5.74, 6) is -1.14. The third-order valence-corrected chi connectivity index (χ3v) is 2.33. The Kier molecular flexibility index (Phi) is 6.32. The lowest BCUT2D eigenvalue weighted by Crippen LogP contribution is -2.50. The van der Waals surface area contributed by atoms with Crippen LogP contribution in [0.25, 0.3) is 0 Å². The fourth-order valence-corrected chi connectivity index (χ4v) is 1.17. The molecule has 104 valence electrons. The summed E-state index contributed by atoms with van der Waals surface area (Å²) in [6.07, 6.45) is -1.06. The van der Waals surface area contributed by atoms with Crippen molar-refractivity contribution in [1.29, 1.82) is 0 Å². The first-order valence-corrected chi connectivity index (χ1v) is 5.33. The predicted molar refractivity (Wildman–Crippen MR) is 62.9 cm³/mol. The van der Waals surface area contributed by atoms with Crippen LogP contribution in [0.3, 0.4) is 0 Å². The Balaban J connectivity index is 4.96. The first-order valence-electron chi connectivity index (χ1n) is 5.33. The molecule has 0 rings (SSSR count). The zero-order valence-corrected chi connectivity index (χ0v) is 11.2. The Hall–Kier alpha value is -1.63. The van der Waals surface area contributed by atoms with Crippen molar-refractivity contribution in [2.24, 2.45) is 5.16 Å². The van der Waals surface area contributed by atoms with Gasteiger partial charge in [-0.15, -0.1) is 0 Å². The van der Waals surface area contributed by atoms with Gasteiger partial charge in [0, 0.05) is 13.8 Å². The van der Waals surface area contributed by atoms with Crippen LogP contribution in [0.2, 0.25) is 0 Å². The smallest absolute Gasteiger partial charge is 0.303 e. The molecule has 0 aromatic heterocycles. The molecule has 0 amide bonds. The molecule has 0 aliphatic rings. The summed E-state index contributed by atoms with van der Waals surface area (Å²) in [6.45, 7) is 5.05. The molecular formula is C11H19NO6. The summed E-state index contributed by atoms with van der Waals surface area (Å²) in [7, 11) is 1.33. The third kappa shape index (κ3) is 5.13. The number of carbonyl (C=O) groups excluding carboxylic acids is 2. The second kappa shape index (κ2) is 6.95. The standard InChI is InChI=1S/C11H19NO6/c1-7(12-16-5)11(4,15)10(18-9(3)14)6-17-8(2)13/h10,15H,6H2,1-5H3/b12-7+. The second-order valence-corrected chi connectivity index (χ2v) is 3.91. The van der Waals surface area contributed by atoms with Gasteiger partial charge in [-0.25, -0.2) is 0 Å². The number of aliphatic hydroxyl groups is 1. The number of hydrogen-bond acceptors (Lipinski definition) is 7. The number of esters is 2. The van der Waals surface area contributed by atoms with Crippen LogP contribution in [0, 0.1) is 0 Å². The van der Waals surface area contributed by atoms with Gasteiger partial charge in [0.2, 0.25) is 0 Å². The van der Waals surface area contributed by atoms with Crippen molar-refractivity contribution >= 4 is 17.7 Å². The lowest BCUT2D eigenvalue weighted by molar-refractivity contribution is -0.166. The quantitative estimate of drug-likeness (QED) is 0.418. The highest BCUT2D eigenvalue weighted by molar-refractivity contribution is 5.90. The zero-order valence-electron chi connectivity index (χ0n) is 11.2. The molecule has 1 N–H and O–H groups in total. The maximum absolute atomic E-state index is 11.0. The highest BCUT2D eigenvalue weighted by atomic mass is 16.6. The van der Waals surface area contributed by atoms with Crippen LogP contribution in [-0.2, 0) is 23.9 Å². The van der Waals surface area contributed by atoms with Gasteiger partial charge in [0.1, 0.15) is 19.3 Å². The highest BCUT2D eigenvalue weighted by Crippen LogP contribution is 2.17. The lowest BCUT2D eigenvalue weighted by atomic mass is 9.94. The van der Waals surface area contributed by atoms with Crippen LogP contribution < -0.4 is 0 Å². The van der Waals surface area contributed by atoms with Gasteiger partial charge in [0.25, 0.3) is 0 Å². The van der Waals surface area contributed by atoms with Crippen LogP contribution in [0.1, 0.15) is 27.7 Å². The molecule has 0 aliphatic heterocycles. The predicted octanol–water partition coefficient (Wildman–Crippen LogP) is 0.254. The van der Waals surface area contributed by atoms with Gasteiger partial charge < -0.3 is 19.4 Å². The van der Waals surface area contributed by atoms with E-state index in [1.807, 2.05) is 0 Å². The minimum Gasteiger partial charge on any atom is -0.462 e. The second-order valence-electron chi connectivity index (χ2n) is 3.91. The van der Waals surface area contributed by atoms with Gasteiger partial charge in [-0.2, -0.15) is 0 Å². The zero-order chi connectivity index (χ0) is 14.3. The fourth-order valence-electron chi connectivity index (χ4n) is 1.17. The van der Waals surface area contributed by atoms with Crippen molar-refractivity contribution in [1.82, 2.24) is 0 Å². The number of ether oxygens (including phenoxy) is 2. The minimum atomic E-state index is -1.60. The van der Waals surface area contributed by atoms with Crippen molar-refractivity contribution in [2.75, 3.05) is 13.7 Å². The molecule has 0 aromatic rings. The van der Waals surface area contributed by atoms with Crippen molar-refractivity contribution in [3.63, 3.8) is 0 Å². The van der Waals surface area contributed by atoms with Crippen LogP contribution in [0.15, 0.2) is 5.16 Å². The molecule has 7 heteroatoms. The van der Waals surface area contributed by atoms with Gasteiger partial charge in [-0.05, 0) is 13.8 Å². The molecule has 2 atom stereocenters. The molecule has 0 saturated heterocycles. The maximum Gasteiger partial charge on any atom is 0.303 e. The fraction of sp³-hybridized carbons (Fsp3) is 0.727. The normalized spacial score (nSPS) is 16.4. The monoisotopic (exact) mass is 261 g/mol. The van der Waals surface area contributed by atoms with Gasteiger partial charge >= 0.3 is 11.9 Å². The Bertz CT molecular complexity index is 336. The molecule has 0 heterocycles. The minimum absolute atomic E-state index is 0.198. The summed E-state index contributed by atoms with van der Waals surface area (Å²) < 4.78 is 9.68. The molecule has 0 radical (unpaired) electrons. The van der Waals surface area contributed by atoms with Gasteiger partial charge in [0.15, 0.2) is 6.10 Å². The molecule has 0 saturated carbocycles. The SMILES string of the molecule is CO/N=C(\C)C(C)(O)C(COC(C)=O)OC(C)=O.